The fourth-order valence-corrected chi connectivity index (χ4v) is 3.14. The highest BCUT2D eigenvalue weighted by Crippen LogP contribution is 2.29. The van der Waals surface area contributed by atoms with Crippen molar-refractivity contribution in [2.75, 3.05) is 13.1 Å². The Hall–Kier alpha value is -2.17. The summed E-state index contributed by atoms with van der Waals surface area (Å²) in [5.41, 5.74) is 8.49. The van der Waals surface area contributed by atoms with E-state index < -0.39 is 0 Å². The van der Waals surface area contributed by atoms with Crippen LogP contribution in [0.5, 0.6) is 0 Å². The summed E-state index contributed by atoms with van der Waals surface area (Å²) in [4.78, 5) is 14.9. The summed E-state index contributed by atoms with van der Waals surface area (Å²) < 4.78 is 6.28. The molecule has 2 unspecified atom stereocenters. The van der Waals surface area contributed by atoms with Gasteiger partial charge >= 0.3 is 0 Å². The predicted molar refractivity (Wildman–Crippen MR) is 99.1 cm³/mol. The quantitative estimate of drug-likeness (QED) is 0.930. The summed E-state index contributed by atoms with van der Waals surface area (Å²) in [6.07, 6.45) is -0.0548. The Balaban J connectivity index is 1.82. The summed E-state index contributed by atoms with van der Waals surface area (Å²) >= 11 is 0. The molecule has 0 bridgehead atoms. The zero-order chi connectivity index (χ0) is 17.8. The minimum atomic E-state index is -0.0883. The highest BCUT2D eigenvalue weighted by molar-refractivity contribution is 5.94. The number of rotatable bonds is 4. The Morgan fingerprint density at radius 1 is 1.12 bits per heavy atom. The van der Waals surface area contributed by atoms with Gasteiger partial charge in [-0.1, -0.05) is 56.3 Å². The normalized spacial score (nSPS) is 20.7. The van der Waals surface area contributed by atoms with Crippen molar-refractivity contribution in [1.82, 2.24) is 4.90 Å². The lowest BCUT2D eigenvalue weighted by molar-refractivity contribution is -0.0954. The molecule has 1 aliphatic rings. The Morgan fingerprint density at radius 3 is 2.40 bits per heavy atom. The molecule has 0 spiro atoms. The molecule has 0 aromatic heterocycles. The molecular formula is C21H26N2O2. The third kappa shape index (κ3) is 4.09. The van der Waals surface area contributed by atoms with Gasteiger partial charge in [0, 0.05) is 18.7 Å². The number of hydrogen-bond donors (Lipinski definition) is 1. The second kappa shape index (κ2) is 7.81. The van der Waals surface area contributed by atoms with E-state index in [2.05, 4.69) is 26.0 Å². The molecule has 1 aliphatic heterocycles. The number of nitrogens with two attached hydrogens (primary N) is 1. The van der Waals surface area contributed by atoms with E-state index in [0.29, 0.717) is 31.1 Å². The first-order chi connectivity index (χ1) is 12.1. The number of amides is 1. The van der Waals surface area contributed by atoms with E-state index >= 15 is 0 Å². The van der Waals surface area contributed by atoms with E-state index in [1.54, 1.807) is 0 Å². The van der Waals surface area contributed by atoms with Gasteiger partial charge < -0.3 is 15.4 Å². The minimum Gasteiger partial charge on any atom is -0.366 e. The minimum absolute atomic E-state index is 0.0335. The van der Waals surface area contributed by atoms with Gasteiger partial charge in [0.2, 0.25) is 0 Å². The largest absolute Gasteiger partial charge is 0.366 e. The van der Waals surface area contributed by atoms with Crippen molar-refractivity contribution in [3.05, 3.63) is 71.3 Å². The molecule has 2 atom stereocenters. The van der Waals surface area contributed by atoms with Crippen LogP contribution in [0.15, 0.2) is 54.6 Å². The smallest absolute Gasteiger partial charge is 0.254 e. The molecule has 0 aliphatic carbocycles. The molecule has 1 heterocycles. The molecule has 132 valence electrons. The van der Waals surface area contributed by atoms with Crippen LogP contribution in [0, 0.1) is 5.92 Å². The first-order valence-electron chi connectivity index (χ1n) is 8.87. The van der Waals surface area contributed by atoms with Gasteiger partial charge in [0.05, 0.1) is 12.6 Å². The maximum atomic E-state index is 13.0. The fourth-order valence-electron chi connectivity index (χ4n) is 3.14. The van der Waals surface area contributed by atoms with E-state index in [1.807, 2.05) is 47.4 Å². The topological polar surface area (TPSA) is 55.6 Å². The van der Waals surface area contributed by atoms with Gasteiger partial charge in [-0.15, -0.1) is 0 Å². The van der Waals surface area contributed by atoms with Gasteiger partial charge in [0.25, 0.3) is 5.91 Å². The molecule has 2 aromatic carbocycles. The molecule has 0 radical (unpaired) electrons. The summed E-state index contributed by atoms with van der Waals surface area (Å²) in [6, 6.07) is 17.7. The van der Waals surface area contributed by atoms with Crippen LogP contribution < -0.4 is 5.73 Å². The molecule has 4 heteroatoms. The number of benzene rings is 2. The molecule has 1 saturated heterocycles. The Labute approximate surface area is 149 Å². The van der Waals surface area contributed by atoms with Crippen LogP contribution in [0.4, 0.5) is 0 Å². The first-order valence-corrected chi connectivity index (χ1v) is 8.87. The summed E-state index contributed by atoms with van der Waals surface area (Å²) in [5.74, 6) is 0.403. The van der Waals surface area contributed by atoms with Gasteiger partial charge in [0.15, 0.2) is 0 Å². The van der Waals surface area contributed by atoms with E-state index in [1.165, 1.54) is 0 Å². The molecule has 25 heavy (non-hydrogen) atoms. The van der Waals surface area contributed by atoms with Crippen molar-refractivity contribution >= 4 is 5.91 Å². The number of morpholine rings is 1. The zero-order valence-corrected chi connectivity index (χ0v) is 14.9. The zero-order valence-electron chi connectivity index (χ0n) is 14.9. The van der Waals surface area contributed by atoms with Crippen molar-refractivity contribution in [1.29, 1.82) is 0 Å². The van der Waals surface area contributed by atoms with Crippen LogP contribution >= 0.6 is 0 Å². The average Bonchev–Trinajstić information content (AvgIpc) is 2.67. The number of ether oxygens (including phenoxy) is 1. The van der Waals surface area contributed by atoms with Crippen molar-refractivity contribution in [3.63, 3.8) is 0 Å². The molecule has 2 N–H and O–H groups in total. The van der Waals surface area contributed by atoms with E-state index in [0.717, 1.165) is 11.1 Å². The first kappa shape index (κ1) is 17.6. The van der Waals surface area contributed by atoms with Crippen molar-refractivity contribution < 1.29 is 9.53 Å². The highest BCUT2D eigenvalue weighted by atomic mass is 16.5. The van der Waals surface area contributed by atoms with Gasteiger partial charge in [0.1, 0.15) is 6.10 Å². The predicted octanol–water partition coefficient (Wildman–Crippen LogP) is 3.38. The lowest BCUT2D eigenvalue weighted by Crippen LogP contribution is -2.48. The third-order valence-electron chi connectivity index (χ3n) is 4.76. The number of hydrogen-bond acceptors (Lipinski definition) is 3. The van der Waals surface area contributed by atoms with Gasteiger partial charge in [-0.3, -0.25) is 4.79 Å². The van der Waals surface area contributed by atoms with E-state index in [-0.39, 0.29) is 18.1 Å². The Morgan fingerprint density at radius 2 is 1.80 bits per heavy atom. The maximum absolute atomic E-state index is 13.0. The van der Waals surface area contributed by atoms with Crippen molar-refractivity contribution in [2.24, 2.45) is 11.7 Å². The summed E-state index contributed by atoms with van der Waals surface area (Å²) in [5, 5.41) is 0. The standard InChI is InChI=1S/C21H26N2O2/c1-15(2)19-13-23(14-20(25-19)17-6-4-3-5-7-17)21(24)18-10-8-16(12-22)9-11-18/h3-11,15,19-20H,12-14,22H2,1-2H3. The Bertz CT molecular complexity index is 698. The molecular weight excluding hydrogens is 312 g/mol. The average molecular weight is 338 g/mol. The number of carbonyl (C=O) groups is 1. The van der Waals surface area contributed by atoms with Crippen molar-refractivity contribution in [3.8, 4) is 0 Å². The Kier molecular flexibility index (Phi) is 5.51. The molecule has 1 fully saturated rings. The van der Waals surface area contributed by atoms with Gasteiger partial charge in [-0.25, -0.2) is 0 Å². The monoisotopic (exact) mass is 338 g/mol. The van der Waals surface area contributed by atoms with Gasteiger partial charge in [-0.05, 0) is 29.2 Å². The molecule has 3 rings (SSSR count). The second-order valence-corrected chi connectivity index (χ2v) is 6.93. The van der Waals surface area contributed by atoms with Crippen LogP contribution in [0.2, 0.25) is 0 Å². The van der Waals surface area contributed by atoms with Crippen LogP contribution in [0.3, 0.4) is 0 Å². The van der Waals surface area contributed by atoms with Crippen LogP contribution in [-0.2, 0) is 11.3 Å². The lowest BCUT2D eigenvalue weighted by atomic mass is 10.00. The SMILES string of the molecule is CC(C)C1CN(C(=O)c2ccc(CN)cc2)CC(c2ccccc2)O1. The van der Waals surface area contributed by atoms with Crippen LogP contribution in [0.1, 0.15) is 41.4 Å². The van der Waals surface area contributed by atoms with Crippen LogP contribution in [0.25, 0.3) is 0 Å². The van der Waals surface area contributed by atoms with Crippen molar-refractivity contribution in [2.45, 2.75) is 32.6 Å². The van der Waals surface area contributed by atoms with Crippen LogP contribution in [-0.4, -0.2) is 30.0 Å². The molecule has 1 amide bonds. The number of carbonyl (C=O) groups excluding carboxylic acids is 1. The molecule has 4 nitrogen and oxygen atoms in total. The summed E-state index contributed by atoms with van der Waals surface area (Å²) in [7, 11) is 0. The third-order valence-corrected chi connectivity index (χ3v) is 4.76. The second-order valence-electron chi connectivity index (χ2n) is 6.93. The van der Waals surface area contributed by atoms with E-state index in [9.17, 15) is 4.79 Å². The number of nitrogens with zero attached hydrogens (tertiary/aromatic N) is 1. The highest BCUT2D eigenvalue weighted by Gasteiger charge is 2.33. The van der Waals surface area contributed by atoms with E-state index in [4.69, 9.17) is 10.5 Å². The lowest BCUT2D eigenvalue weighted by Gasteiger charge is -2.40. The molecule has 0 saturated carbocycles. The molecule has 2 aromatic rings. The summed E-state index contributed by atoms with van der Waals surface area (Å²) in [6.45, 7) is 5.95. The maximum Gasteiger partial charge on any atom is 0.254 e. The fraction of sp³-hybridized carbons (Fsp3) is 0.381. The van der Waals surface area contributed by atoms with Gasteiger partial charge in [-0.2, -0.15) is 0 Å².